The Morgan fingerprint density at radius 3 is 2.71 bits per heavy atom. The zero-order chi connectivity index (χ0) is 17.0. The highest BCUT2D eigenvalue weighted by atomic mass is 35.5. The third kappa shape index (κ3) is 5.17. The van der Waals surface area contributed by atoms with Crippen LogP contribution >= 0.6 is 12.4 Å². The molecule has 8 nitrogen and oxygen atoms in total. The molecule has 0 aromatic carbocycles. The van der Waals surface area contributed by atoms with Crippen LogP contribution in [0, 0.1) is 5.92 Å². The number of aromatic nitrogens is 2. The van der Waals surface area contributed by atoms with Gasteiger partial charge in [-0.2, -0.15) is 9.82 Å². The number of nitrogens with one attached hydrogen (secondary N) is 2. The van der Waals surface area contributed by atoms with Gasteiger partial charge in [0.15, 0.2) is 0 Å². The molecule has 1 fully saturated rings. The second-order valence-electron chi connectivity index (χ2n) is 6.09. The van der Waals surface area contributed by atoms with Crippen LogP contribution in [0.4, 0.5) is 0 Å². The molecule has 0 spiro atoms. The lowest BCUT2D eigenvalue weighted by atomic mass is 9.84. The van der Waals surface area contributed by atoms with Crippen molar-refractivity contribution < 1.29 is 13.2 Å². The third-order valence-corrected chi connectivity index (χ3v) is 5.75. The second-order valence-corrected chi connectivity index (χ2v) is 7.80. The van der Waals surface area contributed by atoms with E-state index in [0.29, 0.717) is 6.54 Å². The van der Waals surface area contributed by atoms with Crippen LogP contribution < -0.4 is 15.8 Å². The average molecular weight is 380 g/mol. The van der Waals surface area contributed by atoms with Crippen molar-refractivity contribution in [1.29, 1.82) is 0 Å². The Morgan fingerprint density at radius 2 is 2.12 bits per heavy atom. The van der Waals surface area contributed by atoms with Crippen molar-refractivity contribution in [2.75, 3.05) is 6.54 Å². The summed E-state index contributed by atoms with van der Waals surface area (Å²) in [5, 5.41) is 6.76. The molecule has 0 radical (unpaired) electrons. The van der Waals surface area contributed by atoms with Crippen molar-refractivity contribution in [1.82, 2.24) is 19.8 Å². The summed E-state index contributed by atoms with van der Waals surface area (Å²) in [7, 11) is -2.13. The van der Waals surface area contributed by atoms with Crippen LogP contribution in [0.25, 0.3) is 0 Å². The first kappa shape index (κ1) is 20.9. The van der Waals surface area contributed by atoms with Crippen LogP contribution in [-0.4, -0.2) is 42.7 Å². The molecule has 138 valence electrons. The van der Waals surface area contributed by atoms with Crippen molar-refractivity contribution >= 4 is 28.3 Å². The summed E-state index contributed by atoms with van der Waals surface area (Å²) < 4.78 is 28.2. The largest absolute Gasteiger partial charge is 0.352 e. The van der Waals surface area contributed by atoms with Gasteiger partial charge in [0.05, 0.1) is 12.2 Å². The van der Waals surface area contributed by atoms with Crippen LogP contribution in [0.5, 0.6) is 0 Å². The predicted molar refractivity (Wildman–Crippen MR) is 93.2 cm³/mol. The molecule has 0 aliphatic heterocycles. The minimum Gasteiger partial charge on any atom is -0.352 e. The van der Waals surface area contributed by atoms with E-state index in [2.05, 4.69) is 15.1 Å². The number of carbonyl (C=O) groups excluding carboxylic acids is 1. The standard InChI is InChI=1S/C14H25N5O3S.ClH/c1-10(18-23(21,22)12-8-16-19(2)9-12)14(20)17-13-6-4-3-5-11(13)7-15;/h8-11,13,18H,3-7,15H2,1-2H3,(H,17,20);1H. The zero-order valence-corrected chi connectivity index (χ0v) is 15.6. The molecule has 1 aromatic heterocycles. The summed E-state index contributed by atoms with van der Waals surface area (Å²) in [5.41, 5.74) is 5.75. The van der Waals surface area contributed by atoms with E-state index in [1.807, 2.05) is 0 Å². The third-order valence-electron chi connectivity index (χ3n) is 4.26. The van der Waals surface area contributed by atoms with Crippen molar-refractivity contribution in [2.24, 2.45) is 18.7 Å². The first-order valence-corrected chi connectivity index (χ1v) is 9.33. The lowest BCUT2D eigenvalue weighted by Crippen LogP contribution is -2.51. The number of nitrogens with two attached hydrogens (primary N) is 1. The van der Waals surface area contributed by atoms with Crippen molar-refractivity contribution in [3.63, 3.8) is 0 Å². The van der Waals surface area contributed by atoms with Gasteiger partial charge in [-0.15, -0.1) is 12.4 Å². The molecule has 24 heavy (non-hydrogen) atoms. The molecule has 1 aromatic rings. The summed E-state index contributed by atoms with van der Waals surface area (Å²) in [5.74, 6) is -0.0716. The molecule has 1 amide bonds. The fourth-order valence-electron chi connectivity index (χ4n) is 2.88. The maximum atomic E-state index is 12.3. The van der Waals surface area contributed by atoms with Crippen LogP contribution in [-0.2, 0) is 21.9 Å². The lowest BCUT2D eigenvalue weighted by molar-refractivity contribution is -0.123. The van der Waals surface area contributed by atoms with Crippen LogP contribution in [0.1, 0.15) is 32.6 Å². The average Bonchev–Trinajstić information content (AvgIpc) is 2.95. The highest BCUT2D eigenvalue weighted by Crippen LogP contribution is 2.23. The first-order chi connectivity index (χ1) is 10.8. The molecular weight excluding hydrogens is 354 g/mol. The Hall–Kier alpha value is -1.16. The lowest BCUT2D eigenvalue weighted by Gasteiger charge is -2.32. The van der Waals surface area contributed by atoms with Crippen LogP contribution in [0.15, 0.2) is 17.3 Å². The summed E-state index contributed by atoms with van der Waals surface area (Å²) >= 11 is 0. The Bertz CT molecular complexity index is 649. The molecule has 1 aliphatic rings. The fourth-order valence-corrected chi connectivity index (χ4v) is 4.07. The fraction of sp³-hybridized carbons (Fsp3) is 0.714. The van der Waals surface area contributed by atoms with Gasteiger partial charge in [0, 0.05) is 19.3 Å². The van der Waals surface area contributed by atoms with Gasteiger partial charge < -0.3 is 11.1 Å². The molecular formula is C14H26ClN5O3S. The van der Waals surface area contributed by atoms with E-state index in [9.17, 15) is 13.2 Å². The van der Waals surface area contributed by atoms with Gasteiger partial charge >= 0.3 is 0 Å². The van der Waals surface area contributed by atoms with Crippen LogP contribution in [0.2, 0.25) is 0 Å². The molecule has 2 rings (SSSR count). The zero-order valence-electron chi connectivity index (χ0n) is 13.9. The minimum absolute atomic E-state index is 0. The molecule has 0 bridgehead atoms. The Morgan fingerprint density at radius 1 is 1.46 bits per heavy atom. The molecule has 0 saturated heterocycles. The van der Waals surface area contributed by atoms with Crippen molar-refractivity contribution in [3.8, 4) is 0 Å². The number of rotatable bonds is 6. The highest BCUT2D eigenvalue weighted by Gasteiger charge is 2.29. The molecule has 4 N–H and O–H groups in total. The summed E-state index contributed by atoms with van der Waals surface area (Å²) in [6.45, 7) is 2.06. The van der Waals surface area contributed by atoms with E-state index in [4.69, 9.17) is 5.73 Å². The molecule has 3 unspecified atom stereocenters. The van der Waals surface area contributed by atoms with E-state index >= 15 is 0 Å². The molecule has 1 aliphatic carbocycles. The summed E-state index contributed by atoms with van der Waals surface area (Å²) in [4.78, 5) is 12.3. The second kappa shape index (κ2) is 8.80. The molecule has 1 heterocycles. The first-order valence-electron chi connectivity index (χ1n) is 7.85. The van der Waals surface area contributed by atoms with E-state index in [1.54, 1.807) is 7.05 Å². The maximum Gasteiger partial charge on any atom is 0.244 e. The number of aryl methyl sites for hydroxylation is 1. The van der Waals surface area contributed by atoms with Gasteiger partial charge in [-0.1, -0.05) is 12.8 Å². The molecule has 3 atom stereocenters. The number of nitrogens with zero attached hydrogens (tertiary/aromatic N) is 2. The van der Waals surface area contributed by atoms with E-state index in [0.717, 1.165) is 25.7 Å². The van der Waals surface area contributed by atoms with Crippen molar-refractivity contribution in [2.45, 2.75) is 49.6 Å². The van der Waals surface area contributed by atoms with Gasteiger partial charge in [-0.05, 0) is 32.2 Å². The number of hydrogen-bond donors (Lipinski definition) is 3. The highest BCUT2D eigenvalue weighted by molar-refractivity contribution is 7.89. The quantitative estimate of drug-likeness (QED) is 0.649. The number of carbonyl (C=O) groups is 1. The smallest absolute Gasteiger partial charge is 0.244 e. The summed E-state index contributed by atoms with van der Waals surface area (Å²) in [6, 6.07) is -0.841. The van der Waals surface area contributed by atoms with Gasteiger partial charge in [0.1, 0.15) is 4.90 Å². The Labute approximate surface area is 149 Å². The molecule has 10 heteroatoms. The van der Waals surface area contributed by atoms with Crippen LogP contribution in [0.3, 0.4) is 0 Å². The number of hydrogen-bond acceptors (Lipinski definition) is 5. The van der Waals surface area contributed by atoms with Crippen molar-refractivity contribution in [3.05, 3.63) is 12.4 Å². The normalized spacial score (nSPS) is 22.5. The van der Waals surface area contributed by atoms with Gasteiger partial charge in [0.25, 0.3) is 0 Å². The Balaban J connectivity index is 0.00000288. The topological polar surface area (TPSA) is 119 Å². The minimum atomic E-state index is -3.76. The SMILES string of the molecule is CC(NS(=O)(=O)c1cnn(C)c1)C(=O)NC1CCCCC1CN.Cl. The van der Waals surface area contributed by atoms with E-state index in [-0.39, 0.29) is 35.2 Å². The predicted octanol–water partition coefficient (Wildman–Crippen LogP) is 0.142. The number of amides is 1. The van der Waals surface area contributed by atoms with E-state index in [1.165, 1.54) is 24.0 Å². The summed E-state index contributed by atoms with van der Waals surface area (Å²) in [6.07, 6.45) is 6.69. The Kier molecular flexibility index (Phi) is 7.65. The van der Waals surface area contributed by atoms with E-state index < -0.39 is 16.1 Å². The van der Waals surface area contributed by atoms with Gasteiger partial charge in [-0.25, -0.2) is 8.42 Å². The monoisotopic (exact) mass is 379 g/mol. The molecule has 1 saturated carbocycles. The number of sulfonamides is 1. The maximum absolute atomic E-state index is 12.3. The van der Waals surface area contributed by atoms with Gasteiger partial charge in [0.2, 0.25) is 15.9 Å². The van der Waals surface area contributed by atoms with Gasteiger partial charge in [-0.3, -0.25) is 9.48 Å². The number of halogens is 1.